The van der Waals surface area contributed by atoms with Gasteiger partial charge in [0.1, 0.15) is 0 Å². The quantitative estimate of drug-likeness (QED) is 0.759. The van der Waals surface area contributed by atoms with Crippen LogP contribution in [0.4, 0.5) is 0 Å². The molecule has 0 aliphatic heterocycles. The molecule has 1 aromatic rings. The van der Waals surface area contributed by atoms with Crippen LogP contribution in [0.3, 0.4) is 0 Å². The van der Waals surface area contributed by atoms with E-state index >= 15 is 0 Å². The van der Waals surface area contributed by atoms with Crippen molar-refractivity contribution < 1.29 is 9.90 Å². The molecule has 0 aliphatic rings. The number of aromatic nitrogens is 1. The van der Waals surface area contributed by atoms with Crippen LogP contribution in [0.25, 0.3) is 6.08 Å². The first-order valence-electron chi connectivity index (χ1n) is 4.67. The molecular formula is C11H13NO3. The van der Waals surface area contributed by atoms with Gasteiger partial charge in [-0.3, -0.25) is 4.79 Å². The predicted octanol–water partition coefficient (Wildman–Crippen LogP) is 1.27. The van der Waals surface area contributed by atoms with Crippen LogP contribution < -0.4 is 5.56 Å². The van der Waals surface area contributed by atoms with E-state index in [4.69, 9.17) is 5.11 Å². The Hall–Kier alpha value is -1.84. The van der Waals surface area contributed by atoms with Gasteiger partial charge in [-0.2, -0.15) is 0 Å². The zero-order chi connectivity index (χ0) is 11.4. The van der Waals surface area contributed by atoms with Gasteiger partial charge in [-0.25, -0.2) is 4.79 Å². The molecule has 0 amide bonds. The van der Waals surface area contributed by atoms with E-state index in [0.717, 1.165) is 11.8 Å². The highest BCUT2D eigenvalue weighted by Crippen LogP contribution is 2.00. The summed E-state index contributed by atoms with van der Waals surface area (Å²) < 4.78 is 1.60. The molecule has 0 radical (unpaired) electrons. The Bertz CT molecular complexity index is 457. The summed E-state index contributed by atoms with van der Waals surface area (Å²) in [4.78, 5) is 22.1. The third-order valence-electron chi connectivity index (χ3n) is 2.14. The first-order valence-corrected chi connectivity index (χ1v) is 4.67. The third-order valence-corrected chi connectivity index (χ3v) is 2.14. The molecule has 0 atom stereocenters. The van der Waals surface area contributed by atoms with E-state index in [1.807, 2.05) is 13.8 Å². The number of carboxylic acids is 1. The fourth-order valence-corrected chi connectivity index (χ4v) is 1.37. The minimum atomic E-state index is -1.06. The normalized spacial score (nSPS) is 10.8. The molecule has 0 unspecified atom stereocenters. The number of pyridine rings is 1. The molecule has 4 heteroatoms. The number of hydrogen-bond donors (Lipinski definition) is 1. The number of carboxylic acid groups (broad SMARTS) is 1. The van der Waals surface area contributed by atoms with Gasteiger partial charge >= 0.3 is 5.97 Å². The van der Waals surface area contributed by atoms with Crippen molar-refractivity contribution in [1.29, 1.82) is 0 Å². The van der Waals surface area contributed by atoms with Crippen LogP contribution >= 0.6 is 0 Å². The van der Waals surface area contributed by atoms with Crippen LogP contribution in [0.2, 0.25) is 0 Å². The Kier molecular flexibility index (Phi) is 3.44. The zero-order valence-corrected chi connectivity index (χ0v) is 8.73. The van der Waals surface area contributed by atoms with E-state index in [-0.39, 0.29) is 5.56 Å². The van der Waals surface area contributed by atoms with Crippen molar-refractivity contribution in [1.82, 2.24) is 4.57 Å². The van der Waals surface area contributed by atoms with E-state index < -0.39 is 5.97 Å². The number of aryl methyl sites for hydroxylation is 1. The highest BCUT2D eigenvalue weighted by molar-refractivity contribution is 5.85. The summed E-state index contributed by atoms with van der Waals surface area (Å²) in [7, 11) is 0. The fraction of sp³-hybridized carbons (Fsp3) is 0.273. The highest BCUT2D eigenvalue weighted by atomic mass is 16.4. The van der Waals surface area contributed by atoms with E-state index in [2.05, 4.69) is 0 Å². The van der Waals surface area contributed by atoms with Crippen LogP contribution in [0.15, 0.2) is 23.0 Å². The lowest BCUT2D eigenvalue weighted by molar-refractivity contribution is -0.131. The molecule has 1 aromatic heterocycles. The highest BCUT2D eigenvalue weighted by Gasteiger charge is 2.02. The molecule has 80 valence electrons. The monoisotopic (exact) mass is 207 g/mol. The SMILES string of the molecule is CCn1c(C)ccc(/C=C/C(=O)O)c1=O. The number of rotatable bonds is 3. The van der Waals surface area contributed by atoms with Crippen LogP contribution in [0.1, 0.15) is 18.2 Å². The van der Waals surface area contributed by atoms with Crippen LogP contribution in [0, 0.1) is 6.92 Å². The number of hydrogen-bond acceptors (Lipinski definition) is 2. The van der Waals surface area contributed by atoms with E-state index in [9.17, 15) is 9.59 Å². The van der Waals surface area contributed by atoms with Gasteiger partial charge in [0.15, 0.2) is 0 Å². The summed E-state index contributed by atoms with van der Waals surface area (Å²) in [5.74, 6) is -1.06. The molecule has 0 bridgehead atoms. The Morgan fingerprint density at radius 1 is 1.53 bits per heavy atom. The Morgan fingerprint density at radius 2 is 2.20 bits per heavy atom. The smallest absolute Gasteiger partial charge is 0.328 e. The summed E-state index contributed by atoms with van der Waals surface area (Å²) in [5.41, 5.74) is 1.11. The van der Waals surface area contributed by atoms with Crippen molar-refractivity contribution in [3.05, 3.63) is 39.8 Å². The van der Waals surface area contributed by atoms with E-state index in [1.54, 1.807) is 16.7 Å². The Morgan fingerprint density at radius 3 is 2.73 bits per heavy atom. The van der Waals surface area contributed by atoms with Crippen LogP contribution in [-0.4, -0.2) is 15.6 Å². The van der Waals surface area contributed by atoms with Crippen molar-refractivity contribution in [2.45, 2.75) is 20.4 Å². The first kappa shape index (κ1) is 11.2. The Labute approximate surface area is 87.5 Å². The van der Waals surface area contributed by atoms with Gasteiger partial charge < -0.3 is 9.67 Å². The van der Waals surface area contributed by atoms with Crippen molar-refractivity contribution in [2.75, 3.05) is 0 Å². The standard InChI is InChI=1S/C11H13NO3/c1-3-12-8(2)4-5-9(11(12)15)6-7-10(13)14/h4-7H,3H2,1-2H3,(H,13,14)/b7-6+. The molecule has 0 fully saturated rings. The second kappa shape index (κ2) is 4.59. The molecule has 1 heterocycles. The van der Waals surface area contributed by atoms with Gasteiger partial charge in [0.25, 0.3) is 5.56 Å². The molecule has 0 aliphatic carbocycles. The number of aliphatic carboxylic acids is 1. The number of nitrogens with zero attached hydrogens (tertiary/aromatic N) is 1. The average molecular weight is 207 g/mol. The van der Waals surface area contributed by atoms with Crippen LogP contribution in [0.5, 0.6) is 0 Å². The maximum Gasteiger partial charge on any atom is 0.328 e. The maximum atomic E-state index is 11.8. The van der Waals surface area contributed by atoms with Crippen molar-refractivity contribution in [3.63, 3.8) is 0 Å². The third kappa shape index (κ3) is 2.56. The van der Waals surface area contributed by atoms with Gasteiger partial charge in [0.2, 0.25) is 0 Å². The van der Waals surface area contributed by atoms with E-state index in [1.165, 1.54) is 6.08 Å². The summed E-state index contributed by atoms with van der Waals surface area (Å²) in [5, 5.41) is 8.45. The molecule has 15 heavy (non-hydrogen) atoms. The molecule has 0 saturated carbocycles. The minimum absolute atomic E-state index is 0.157. The summed E-state index contributed by atoms with van der Waals surface area (Å²) in [6.07, 6.45) is 2.28. The Balaban J connectivity index is 3.22. The molecule has 0 aromatic carbocycles. The molecule has 4 nitrogen and oxygen atoms in total. The maximum absolute atomic E-state index is 11.8. The minimum Gasteiger partial charge on any atom is -0.478 e. The lowest BCUT2D eigenvalue weighted by Gasteiger charge is -2.07. The largest absolute Gasteiger partial charge is 0.478 e. The van der Waals surface area contributed by atoms with Crippen molar-refractivity contribution in [3.8, 4) is 0 Å². The molecule has 1 rings (SSSR count). The second-order valence-corrected chi connectivity index (χ2v) is 3.15. The summed E-state index contributed by atoms with van der Waals surface area (Å²) >= 11 is 0. The van der Waals surface area contributed by atoms with Crippen LogP contribution in [-0.2, 0) is 11.3 Å². The van der Waals surface area contributed by atoms with Gasteiger partial charge in [0.05, 0.1) is 0 Å². The first-order chi connectivity index (χ1) is 7.06. The molecular weight excluding hydrogens is 194 g/mol. The van der Waals surface area contributed by atoms with Gasteiger partial charge in [-0.05, 0) is 32.1 Å². The molecule has 0 saturated heterocycles. The average Bonchev–Trinajstić information content (AvgIpc) is 2.17. The second-order valence-electron chi connectivity index (χ2n) is 3.15. The zero-order valence-electron chi connectivity index (χ0n) is 8.73. The van der Waals surface area contributed by atoms with Gasteiger partial charge in [0, 0.05) is 23.9 Å². The van der Waals surface area contributed by atoms with Gasteiger partial charge in [-0.15, -0.1) is 0 Å². The lowest BCUT2D eigenvalue weighted by atomic mass is 10.2. The van der Waals surface area contributed by atoms with Gasteiger partial charge in [-0.1, -0.05) is 0 Å². The summed E-state index contributed by atoms with van der Waals surface area (Å²) in [6, 6.07) is 3.43. The number of carbonyl (C=O) groups is 1. The van der Waals surface area contributed by atoms with Crippen molar-refractivity contribution >= 4 is 12.0 Å². The molecule has 0 spiro atoms. The fourth-order valence-electron chi connectivity index (χ4n) is 1.37. The predicted molar refractivity (Wildman–Crippen MR) is 57.8 cm³/mol. The lowest BCUT2D eigenvalue weighted by Crippen LogP contribution is -2.23. The topological polar surface area (TPSA) is 59.3 Å². The van der Waals surface area contributed by atoms with E-state index in [0.29, 0.717) is 12.1 Å². The summed E-state index contributed by atoms with van der Waals surface area (Å²) in [6.45, 7) is 4.30. The molecule has 1 N–H and O–H groups in total. The van der Waals surface area contributed by atoms with Crippen molar-refractivity contribution in [2.24, 2.45) is 0 Å².